The number of hydrogen-bond donors (Lipinski definition) is 1. The van der Waals surface area contributed by atoms with Gasteiger partial charge in [-0.1, -0.05) is 29.8 Å². The number of aryl methyl sites for hydroxylation is 1. The lowest BCUT2D eigenvalue weighted by Gasteiger charge is -2.23. The van der Waals surface area contributed by atoms with Crippen molar-refractivity contribution in [2.24, 2.45) is 0 Å². The first kappa shape index (κ1) is 14.6. The monoisotopic (exact) mass is 291 g/mol. The van der Waals surface area contributed by atoms with Gasteiger partial charge < -0.3 is 10.0 Å². The van der Waals surface area contributed by atoms with Crippen molar-refractivity contribution in [1.29, 1.82) is 0 Å². The highest BCUT2D eigenvalue weighted by Crippen LogP contribution is 2.16. The maximum atomic E-state index is 12.2. The minimum Gasteiger partial charge on any atom is -0.387 e. The number of aromatic nitrogens is 2. The molecule has 6 heteroatoms. The summed E-state index contributed by atoms with van der Waals surface area (Å²) in [7, 11) is 0. The fourth-order valence-electron chi connectivity index (χ4n) is 1.88. The molecule has 1 N–H and O–H groups in total. The number of nitrogens with zero attached hydrogens (tertiary/aromatic N) is 3. The van der Waals surface area contributed by atoms with Crippen LogP contribution in [0.15, 0.2) is 30.5 Å². The highest BCUT2D eigenvalue weighted by atomic mass is 32.1. The average molecular weight is 291 g/mol. The van der Waals surface area contributed by atoms with E-state index in [2.05, 4.69) is 8.75 Å². The Kier molecular flexibility index (Phi) is 4.81. The van der Waals surface area contributed by atoms with Gasteiger partial charge in [0, 0.05) is 6.54 Å². The third-order valence-electron chi connectivity index (χ3n) is 3.10. The van der Waals surface area contributed by atoms with Gasteiger partial charge in [-0.3, -0.25) is 4.79 Å². The summed E-state index contributed by atoms with van der Waals surface area (Å²) in [6.45, 7) is 4.63. The molecule has 1 unspecified atom stereocenters. The van der Waals surface area contributed by atoms with Crippen molar-refractivity contribution in [2.75, 3.05) is 13.1 Å². The van der Waals surface area contributed by atoms with Gasteiger partial charge in [-0.25, -0.2) is 0 Å². The summed E-state index contributed by atoms with van der Waals surface area (Å²) < 4.78 is 7.76. The lowest BCUT2D eigenvalue weighted by Crippen LogP contribution is -2.34. The quantitative estimate of drug-likeness (QED) is 0.915. The normalized spacial score (nSPS) is 12.2. The number of likely N-dealkylation sites (N-methyl/N-ethyl adjacent to an activating group) is 1. The van der Waals surface area contributed by atoms with Crippen LogP contribution in [0.3, 0.4) is 0 Å². The largest absolute Gasteiger partial charge is 0.387 e. The van der Waals surface area contributed by atoms with Crippen molar-refractivity contribution in [3.05, 3.63) is 47.3 Å². The molecule has 2 aromatic rings. The molecule has 1 heterocycles. The Balaban J connectivity index is 2.06. The summed E-state index contributed by atoms with van der Waals surface area (Å²) in [6.07, 6.45) is 0.750. The minimum atomic E-state index is -0.703. The van der Waals surface area contributed by atoms with Crippen LogP contribution in [0.4, 0.5) is 0 Å². The fourth-order valence-corrected chi connectivity index (χ4v) is 2.29. The fraction of sp³-hybridized carbons (Fsp3) is 0.357. The molecule has 5 nitrogen and oxygen atoms in total. The molecular formula is C14H17N3O2S. The molecule has 1 aromatic carbocycles. The second kappa shape index (κ2) is 6.58. The second-order valence-corrected chi connectivity index (χ2v) is 5.12. The van der Waals surface area contributed by atoms with Gasteiger partial charge in [0.05, 0.1) is 30.6 Å². The van der Waals surface area contributed by atoms with Crippen molar-refractivity contribution >= 4 is 17.6 Å². The van der Waals surface area contributed by atoms with E-state index >= 15 is 0 Å². The summed E-state index contributed by atoms with van der Waals surface area (Å²) in [5, 5.41) is 10.2. The smallest absolute Gasteiger partial charge is 0.275 e. The van der Waals surface area contributed by atoms with Gasteiger partial charge in [0.15, 0.2) is 5.69 Å². The van der Waals surface area contributed by atoms with Crippen LogP contribution >= 0.6 is 11.7 Å². The first-order valence-corrected chi connectivity index (χ1v) is 7.16. The molecule has 0 spiro atoms. The molecule has 2 rings (SSSR count). The number of aliphatic hydroxyl groups excluding tert-OH is 1. The molecule has 0 aliphatic carbocycles. The van der Waals surface area contributed by atoms with Gasteiger partial charge in [0.1, 0.15) is 0 Å². The Hall–Kier alpha value is -1.79. The Morgan fingerprint density at radius 3 is 2.65 bits per heavy atom. The van der Waals surface area contributed by atoms with E-state index in [1.807, 2.05) is 38.1 Å². The van der Waals surface area contributed by atoms with Crippen molar-refractivity contribution in [3.63, 3.8) is 0 Å². The molecule has 20 heavy (non-hydrogen) atoms. The van der Waals surface area contributed by atoms with E-state index < -0.39 is 6.10 Å². The Morgan fingerprint density at radius 2 is 2.10 bits per heavy atom. The van der Waals surface area contributed by atoms with E-state index in [0.29, 0.717) is 12.2 Å². The lowest BCUT2D eigenvalue weighted by atomic mass is 10.1. The van der Waals surface area contributed by atoms with Crippen LogP contribution in [0, 0.1) is 6.92 Å². The maximum absolute atomic E-state index is 12.2. The van der Waals surface area contributed by atoms with Crippen LogP contribution in [-0.2, 0) is 0 Å². The van der Waals surface area contributed by atoms with Gasteiger partial charge in [-0.2, -0.15) is 8.75 Å². The van der Waals surface area contributed by atoms with Gasteiger partial charge >= 0.3 is 0 Å². The van der Waals surface area contributed by atoms with E-state index in [0.717, 1.165) is 22.9 Å². The molecule has 0 saturated carbocycles. The predicted octanol–water partition coefficient (Wildman–Crippen LogP) is 2.04. The van der Waals surface area contributed by atoms with Crippen LogP contribution < -0.4 is 0 Å². The molecule has 0 fully saturated rings. The zero-order valence-corrected chi connectivity index (χ0v) is 12.3. The summed E-state index contributed by atoms with van der Waals surface area (Å²) >= 11 is 1.00. The van der Waals surface area contributed by atoms with Crippen LogP contribution in [0.2, 0.25) is 0 Å². The zero-order valence-electron chi connectivity index (χ0n) is 11.5. The van der Waals surface area contributed by atoms with Gasteiger partial charge in [-0.05, 0) is 19.4 Å². The molecule has 106 valence electrons. The van der Waals surface area contributed by atoms with Crippen LogP contribution in [0.1, 0.15) is 34.6 Å². The van der Waals surface area contributed by atoms with Gasteiger partial charge in [0.2, 0.25) is 0 Å². The van der Waals surface area contributed by atoms with Crippen molar-refractivity contribution in [3.8, 4) is 0 Å². The van der Waals surface area contributed by atoms with Gasteiger partial charge in [-0.15, -0.1) is 0 Å². The van der Waals surface area contributed by atoms with Gasteiger partial charge in [0.25, 0.3) is 5.91 Å². The topological polar surface area (TPSA) is 66.3 Å². The van der Waals surface area contributed by atoms with Crippen LogP contribution in [-0.4, -0.2) is 37.8 Å². The van der Waals surface area contributed by atoms with Crippen molar-refractivity contribution in [2.45, 2.75) is 20.0 Å². The molecule has 1 aromatic heterocycles. The molecule has 1 amide bonds. The molecule has 1 atom stereocenters. The van der Waals surface area contributed by atoms with E-state index in [4.69, 9.17) is 0 Å². The summed E-state index contributed by atoms with van der Waals surface area (Å²) in [5.74, 6) is -0.201. The number of aliphatic hydroxyl groups is 1. The lowest BCUT2D eigenvalue weighted by molar-refractivity contribution is 0.0630. The number of carbonyl (C=O) groups excluding carboxylic acids is 1. The Morgan fingerprint density at radius 1 is 1.40 bits per heavy atom. The Labute approximate surface area is 122 Å². The van der Waals surface area contributed by atoms with E-state index in [9.17, 15) is 9.90 Å². The summed E-state index contributed by atoms with van der Waals surface area (Å²) in [5.41, 5.74) is 2.27. The molecule has 0 aliphatic rings. The van der Waals surface area contributed by atoms with Crippen molar-refractivity contribution < 1.29 is 9.90 Å². The summed E-state index contributed by atoms with van der Waals surface area (Å²) in [4.78, 5) is 13.7. The first-order chi connectivity index (χ1) is 9.61. The number of benzene rings is 1. The highest BCUT2D eigenvalue weighted by Gasteiger charge is 2.20. The number of hydrogen-bond acceptors (Lipinski definition) is 5. The van der Waals surface area contributed by atoms with E-state index in [1.54, 1.807) is 4.90 Å². The van der Waals surface area contributed by atoms with Crippen molar-refractivity contribution in [1.82, 2.24) is 13.6 Å². The molecular weight excluding hydrogens is 274 g/mol. The molecule has 0 bridgehead atoms. The van der Waals surface area contributed by atoms with E-state index in [-0.39, 0.29) is 12.5 Å². The maximum Gasteiger partial charge on any atom is 0.275 e. The second-order valence-electron chi connectivity index (χ2n) is 4.56. The van der Waals surface area contributed by atoms with Crippen LogP contribution in [0.25, 0.3) is 0 Å². The van der Waals surface area contributed by atoms with Crippen LogP contribution in [0.5, 0.6) is 0 Å². The molecule has 0 radical (unpaired) electrons. The average Bonchev–Trinajstić information content (AvgIpc) is 2.98. The highest BCUT2D eigenvalue weighted by molar-refractivity contribution is 6.99. The first-order valence-electron chi connectivity index (χ1n) is 6.43. The summed E-state index contributed by atoms with van der Waals surface area (Å²) in [6, 6.07) is 7.65. The number of carbonyl (C=O) groups is 1. The number of rotatable bonds is 5. The standard InChI is InChI=1S/C14H17N3O2S/c1-3-17(14(19)12-8-15-20-16-12)9-13(18)11-6-4-10(2)5-7-11/h4-8,13,18H,3,9H2,1-2H3. The Bertz CT molecular complexity index is 554. The van der Waals surface area contributed by atoms with E-state index in [1.165, 1.54) is 6.20 Å². The molecule has 0 saturated heterocycles. The third kappa shape index (κ3) is 3.40. The number of amides is 1. The SMILES string of the molecule is CCN(CC(O)c1ccc(C)cc1)C(=O)c1cnsn1. The molecule has 0 aliphatic heterocycles. The third-order valence-corrected chi connectivity index (χ3v) is 3.58. The predicted molar refractivity (Wildman–Crippen MR) is 77.6 cm³/mol. The minimum absolute atomic E-state index is 0.201. The zero-order chi connectivity index (χ0) is 14.5.